The van der Waals surface area contributed by atoms with Crippen LogP contribution in [-0.2, 0) is 9.47 Å². The Bertz CT molecular complexity index is 2460. The second kappa shape index (κ2) is 21.1. The van der Waals surface area contributed by atoms with Crippen molar-refractivity contribution >= 4 is 33.3 Å². The predicted molar refractivity (Wildman–Crippen MR) is 240 cm³/mol. The number of hydrogen-bond donors (Lipinski definition) is 2. The van der Waals surface area contributed by atoms with Gasteiger partial charge in [0.25, 0.3) is 0 Å². The largest absolute Gasteiger partial charge is 0.490 e. The van der Waals surface area contributed by atoms with Crippen LogP contribution in [-0.4, -0.2) is 116 Å². The number of rotatable bonds is 10. The Morgan fingerprint density at radius 1 is 0.600 bits per heavy atom. The first kappa shape index (κ1) is 45.9. The molecule has 4 saturated heterocycles. The minimum atomic E-state index is -0.669. The molecule has 65 heavy (non-hydrogen) atoms. The third-order valence-corrected chi connectivity index (χ3v) is 11.8. The number of nitrogens with zero attached hydrogens (tertiary/aromatic N) is 8. The highest BCUT2D eigenvalue weighted by molar-refractivity contribution is 9.10. The summed E-state index contributed by atoms with van der Waals surface area (Å²) in [7, 11) is 0. The zero-order valence-corrected chi connectivity index (χ0v) is 37.6. The van der Waals surface area contributed by atoms with Gasteiger partial charge in [0.2, 0.25) is 10.7 Å². The lowest BCUT2D eigenvalue weighted by molar-refractivity contribution is -0.0778. The maximum Gasteiger partial charge on any atom is 0.246 e. The number of piperidine rings is 2. The molecule has 2 aromatic heterocycles. The van der Waals surface area contributed by atoms with Crippen LogP contribution in [0, 0.1) is 37.1 Å². The number of aromatic nitrogens is 6. The molecule has 6 aromatic rings. The van der Waals surface area contributed by atoms with E-state index in [-0.39, 0.29) is 11.8 Å². The van der Waals surface area contributed by atoms with Gasteiger partial charge in [0.05, 0.1) is 49.9 Å². The summed E-state index contributed by atoms with van der Waals surface area (Å²) < 4.78 is 78.4. The van der Waals surface area contributed by atoms with Gasteiger partial charge in [-0.1, -0.05) is 0 Å². The molecule has 0 unspecified atom stereocenters. The average Bonchev–Trinajstić information content (AvgIpc) is 3.86. The van der Waals surface area contributed by atoms with E-state index < -0.39 is 23.3 Å². The Hall–Kier alpha value is -5.60. The normalized spacial score (nSPS) is 17.5. The van der Waals surface area contributed by atoms with Gasteiger partial charge in [0.1, 0.15) is 59.6 Å². The van der Waals surface area contributed by atoms with Crippen molar-refractivity contribution in [1.29, 1.82) is 0 Å². The van der Waals surface area contributed by atoms with Crippen molar-refractivity contribution in [3.63, 3.8) is 0 Å². The Morgan fingerprint density at radius 2 is 1.06 bits per heavy atom. The summed E-state index contributed by atoms with van der Waals surface area (Å²) in [5.41, 5.74) is 10.2. The van der Waals surface area contributed by atoms with Crippen molar-refractivity contribution in [2.75, 3.05) is 63.7 Å². The molecule has 4 aliphatic rings. The molecule has 3 N–H and O–H groups in total. The van der Waals surface area contributed by atoms with Crippen LogP contribution < -0.4 is 20.5 Å². The van der Waals surface area contributed by atoms with Gasteiger partial charge < -0.3 is 30.0 Å². The molecule has 0 atom stereocenters. The highest BCUT2D eigenvalue weighted by atomic mass is 79.9. The third-order valence-electron chi connectivity index (χ3n) is 11.4. The summed E-state index contributed by atoms with van der Waals surface area (Å²) in [6.07, 6.45) is 7.42. The van der Waals surface area contributed by atoms with E-state index in [0.29, 0.717) is 34.6 Å². The molecule has 4 aliphatic heterocycles. The summed E-state index contributed by atoms with van der Waals surface area (Å²) in [6.45, 7) is 11.8. The Labute approximate surface area is 382 Å². The van der Waals surface area contributed by atoms with E-state index in [0.717, 1.165) is 124 Å². The van der Waals surface area contributed by atoms with Crippen molar-refractivity contribution in [2.45, 2.75) is 63.8 Å². The van der Waals surface area contributed by atoms with Crippen molar-refractivity contribution in [2.24, 2.45) is 0 Å². The van der Waals surface area contributed by atoms with E-state index in [1.54, 1.807) is 0 Å². The summed E-state index contributed by atoms with van der Waals surface area (Å²) in [6, 6.07) is 19.4. The number of nitrogens with one attached hydrogen (secondary N) is 1. The van der Waals surface area contributed by atoms with E-state index in [9.17, 15) is 17.6 Å². The highest BCUT2D eigenvalue weighted by Gasteiger charge is 2.31. The van der Waals surface area contributed by atoms with Gasteiger partial charge in [-0.25, -0.2) is 31.9 Å². The number of benzene rings is 4. The van der Waals surface area contributed by atoms with E-state index in [1.165, 1.54) is 46.3 Å². The highest BCUT2D eigenvalue weighted by Crippen LogP contribution is 2.28. The number of likely N-dealkylation sites (tertiary alicyclic amines) is 2. The number of halogens is 5. The molecule has 4 aromatic carbocycles. The number of ether oxygens (including phenoxy) is 4. The van der Waals surface area contributed by atoms with Crippen LogP contribution in [0.1, 0.15) is 36.8 Å². The minimum absolute atomic E-state index is 0.183. The monoisotopic (exact) mass is 962 g/mol. The van der Waals surface area contributed by atoms with Crippen molar-refractivity contribution < 1.29 is 36.5 Å². The molecule has 6 heterocycles. The zero-order chi connectivity index (χ0) is 45.5. The van der Waals surface area contributed by atoms with E-state index in [4.69, 9.17) is 24.7 Å². The topological polar surface area (TPSA) is 143 Å². The first-order chi connectivity index (χ1) is 31.4. The summed E-state index contributed by atoms with van der Waals surface area (Å²) in [4.78, 5) is 13.0. The average molecular weight is 964 g/mol. The molecule has 344 valence electrons. The van der Waals surface area contributed by atoms with E-state index in [1.807, 2.05) is 44.2 Å². The zero-order valence-electron chi connectivity index (χ0n) is 36.1. The summed E-state index contributed by atoms with van der Waals surface area (Å²) >= 11 is 3.04. The van der Waals surface area contributed by atoms with Gasteiger partial charge in [-0.05, 0) is 115 Å². The second-order valence-corrected chi connectivity index (χ2v) is 17.3. The molecule has 4 fully saturated rings. The molecule has 0 radical (unpaired) electrons. The molecule has 0 aliphatic carbocycles. The lowest BCUT2D eigenvalue weighted by Crippen LogP contribution is -2.52. The lowest BCUT2D eigenvalue weighted by Gasteiger charge is -2.41. The van der Waals surface area contributed by atoms with Crippen molar-refractivity contribution in [3.05, 3.63) is 125 Å². The van der Waals surface area contributed by atoms with Crippen LogP contribution in [0.3, 0.4) is 0 Å². The molecular weight excluding hydrogens is 912 g/mol. The Morgan fingerprint density at radius 3 is 1.51 bits per heavy atom. The second-order valence-electron chi connectivity index (χ2n) is 16.6. The maximum atomic E-state index is 13.5. The molecule has 0 amide bonds. The minimum Gasteiger partial charge on any atom is -0.490 e. The number of nitrogens with two attached hydrogens (primary N) is 1. The van der Waals surface area contributed by atoms with Crippen LogP contribution in [0.5, 0.6) is 11.5 Å². The van der Waals surface area contributed by atoms with Gasteiger partial charge in [-0.2, -0.15) is 4.98 Å². The number of hydrogen-bond acceptors (Lipinski definition) is 12. The summed E-state index contributed by atoms with van der Waals surface area (Å²) in [5.74, 6) is -0.609. The van der Waals surface area contributed by atoms with E-state index >= 15 is 0 Å². The van der Waals surface area contributed by atoms with Gasteiger partial charge in [0.15, 0.2) is 0 Å². The Balaban J connectivity index is 0.000000147. The van der Waals surface area contributed by atoms with Crippen molar-refractivity contribution in [3.8, 4) is 22.9 Å². The first-order valence-corrected chi connectivity index (χ1v) is 22.3. The molecule has 0 bridgehead atoms. The van der Waals surface area contributed by atoms with Crippen LogP contribution in [0.25, 0.3) is 11.4 Å². The van der Waals surface area contributed by atoms with Gasteiger partial charge in [-0.15, -0.1) is 10.2 Å². The lowest BCUT2D eigenvalue weighted by atomic mass is 10.0. The number of nitrogen functional groups attached to an aromatic ring is 1. The Kier molecular flexibility index (Phi) is 14.9. The third kappa shape index (κ3) is 12.8. The van der Waals surface area contributed by atoms with Crippen LogP contribution in [0.15, 0.2) is 90.2 Å². The smallest absolute Gasteiger partial charge is 0.246 e. The molecule has 14 nitrogen and oxygen atoms in total. The molecule has 0 saturated carbocycles. The molecular formula is C46H51BrF4N10O4. The predicted octanol–water partition coefficient (Wildman–Crippen LogP) is 7.97. The fourth-order valence-corrected chi connectivity index (χ4v) is 8.25. The number of aryl methyl sites for hydroxylation is 2. The van der Waals surface area contributed by atoms with Gasteiger partial charge in [0, 0.05) is 61.8 Å². The van der Waals surface area contributed by atoms with E-state index in [2.05, 4.69) is 57.3 Å². The van der Waals surface area contributed by atoms with Crippen LogP contribution >= 0.6 is 15.9 Å². The first-order valence-electron chi connectivity index (χ1n) is 21.5. The maximum absolute atomic E-state index is 13.5. The van der Waals surface area contributed by atoms with Gasteiger partial charge >= 0.3 is 0 Å². The molecule has 19 heteroatoms. The number of anilines is 3. The SMILES string of the molecule is Cc1cc(N)cc(OC2CCN(C3COC3)CC2)c1.Cc1cc(Nc2ncn(-c3cc(F)cc(F)c3)n2)cc(OC2CCN(C3COC3)CC2)c1.Fc1cc(F)cc(-n2cnc(Br)n2)c1. The molecule has 10 rings (SSSR count). The van der Waals surface area contributed by atoms with Gasteiger partial charge in [-0.3, -0.25) is 9.80 Å². The molecule has 0 spiro atoms. The fraction of sp³-hybridized carbons (Fsp3) is 0.391. The quantitative estimate of drug-likeness (QED) is 0.102. The fourth-order valence-electron chi connectivity index (χ4n) is 7.99. The van der Waals surface area contributed by atoms with Crippen LogP contribution in [0.2, 0.25) is 0 Å². The van der Waals surface area contributed by atoms with Crippen molar-refractivity contribution in [1.82, 2.24) is 39.3 Å². The summed E-state index contributed by atoms with van der Waals surface area (Å²) in [5, 5.41) is 11.3. The standard InChI is InChI=1S/C23H25F2N5O2.C15H22N2O2.C8H4BrF2N3/c1-15-6-18(27-23-26-14-30(28-23)19-9-16(24)8-17(25)10-19)11-22(7-15)32-21-2-4-29(5-3-21)20-12-31-13-20;1-11-6-12(16)8-15(7-11)19-14-2-4-17(5-3-14)13-9-18-10-13;9-8-12-4-14(13-8)7-2-5(10)1-6(11)3-7/h6-11,14,20-21H,2-5,12-13H2,1H3,(H,27,28);6-8,13-14H,2-5,9-10,16H2,1H3;1-4H. The van der Waals surface area contributed by atoms with Crippen LogP contribution in [0.4, 0.5) is 34.9 Å².